The van der Waals surface area contributed by atoms with Crippen LogP contribution in [0.3, 0.4) is 0 Å². The van der Waals surface area contributed by atoms with E-state index < -0.39 is 0 Å². The third kappa shape index (κ3) is 1.14. The summed E-state index contributed by atoms with van der Waals surface area (Å²) in [7, 11) is 0. The van der Waals surface area contributed by atoms with Gasteiger partial charge in [0.25, 0.3) is 0 Å². The lowest BCUT2D eigenvalue weighted by Gasteiger charge is -2.21. The van der Waals surface area contributed by atoms with E-state index in [2.05, 4.69) is 36.5 Å². The molecule has 1 atom stereocenters. The normalized spacial score (nSPS) is 26.8. The third-order valence-electron chi connectivity index (χ3n) is 1.99. The number of nitrogens with one attached hydrogen (secondary N) is 1. The maximum absolute atomic E-state index is 3.27. The van der Waals surface area contributed by atoms with Gasteiger partial charge >= 0.3 is 0 Å². The van der Waals surface area contributed by atoms with Gasteiger partial charge in [-0.05, 0) is 24.8 Å². The molecule has 0 spiro atoms. The summed E-state index contributed by atoms with van der Waals surface area (Å²) in [5.74, 6) is 0. The van der Waals surface area contributed by atoms with Crippen LogP contribution in [0.2, 0.25) is 0 Å². The van der Waals surface area contributed by atoms with E-state index in [9.17, 15) is 0 Å². The molecule has 2 aliphatic rings. The van der Waals surface area contributed by atoms with Crippen molar-refractivity contribution in [1.82, 2.24) is 5.32 Å². The second kappa shape index (κ2) is 2.42. The van der Waals surface area contributed by atoms with Crippen LogP contribution in [-0.4, -0.2) is 6.04 Å². The van der Waals surface area contributed by atoms with E-state index >= 15 is 0 Å². The first-order valence-corrected chi connectivity index (χ1v) is 3.85. The monoisotopic (exact) mass is 145 g/mol. The largest absolute Gasteiger partial charge is 0.381 e. The zero-order valence-electron chi connectivity index (χ0n) is 6.54. The number of dihydropyridines is 1. The van der Waals surface area contributed by atoms with Crippen LogP contribution in [0.1, 0.15) is 6.92 Å². The minimum absolute atomic E-state index is 0.407. The molecular formula is C10H11N. The molecule has 1 nitrogen and oxygen atoms in total. The van der Waals surface area contributed by atoms with Crippen LogP contribution in [0.5, 0.6) is 0 Å². The van der Waals surface area contributed by atoms with Crippen LogP contribution in [0, 0.1) is 0 Å². The molecule has 2 rings (SSSR count). The van der Waals surface area contributed by atoms with Gasteiger partial charge in [-0.1, -0.05) is 29.9 Å². The minimum Gasteiger partial charge on any atom is -0.381 e. The highest BCUT2D eigenvalue weighted by molar-refractivity contribution is 5.43. The summed E-state index contributed by atoms with van der Waals surface area (Å²) in [6.45, 7) is 2.12. The van der Waals surface area contributed by atoms with E-state index in [-0.39, 0.29) is 0 Å². The van der Waals surface area contributed by atoms with Crippen LogP contribution < -0.4 is 5.32 Å². The second-order valence-electron chi connectivity index (χ2n) is 2.91. The van der Waals surface area contributed by atoms with E-state index in [1.807, 2.05) is 12.3 Å². The second-order valence-corrected chi connectivity index (χ2v) is 2.91. The Bertz CT molecular complexity index is 279. The predicted octanol–water partition coefficient (Wildman–Crippen LogP) is 1.91. The molecule has 0 amide bonds. The Morgan fingerprint density at radius 1 is 1.36 bits per heavy atom. The maximum Gasteiger partial charge on any atom is 0.0698 e. The molecule has 56 valence electrons. The number of allylic oxidation sites excluding steroid dienone is 4. The van der Waals surface area contributed by atoms with Crippen molar-refractivity contribution in [3.8, 4) is 0 Å². The van der Waals surface area contributed by atoms with Crippen LogP contribution in [-0.2, 0) is 0 Å². The maximum atomic E-state index is 3.27. The van der Waals surface area contributed by atoms with Crippen molar-refractivity contribution in [2.24, 2.45) is 0 Å². The minimum atomic E-state index is 0.407. The van der Waals surface area contributed by atoms with Gasteiger partial charge < -0.3 is 5.32 Å². The molecule has 0 radical (unpaired) electrons. The summed E-state index contributed by atoms with van der Waals surface area (Å²) in [4.78, 5) is 0. The Kier molecular flexibility index (Phi) is 1.42. The Balaban J connectivity index is 2.33. The highest BCUT2D eigenvalue weighted by Crippen LogP contribution is 2.17. The number of hydrogen-bond acceptors (Lipinski definition) is 1. The molecule has 0 saturated carbocycles. The number of hydrogen-bond donors (Lipinski definition) is 1. The van der Waals surface area contributed by atoms with E-state index in [4.69, 9.17) is 0 Å². The Morgan fingerprint density at radius 3 is 3.18 bits per heavy atom. The molecule has 1 unspecified atom stereocenters. The van der Waals surface area contributed by atoms with E-state index in [0.717, 1.165) is 0 Å². The van der Waals surface area contributed by atoms with Gasteiger partial charge in [0.1, 0.15) is 0 Å². The summed E-state index contributed by atoms with van der Waals surface area (Å²) >= 11 is 0. The van der Waals surface area contributed by atoms with Crippen molar-refractivity contribution in [1.29, 1.82) is 0 Å². The van der Waals surface area contributed by atoms with Crippen molar-refractivity contribution in [3.05, 3.63) is 47.7 Å². The van der Waals surface area contributed by atoms with Gasteiger partial charge in [-0.15, -0.1) is 0 Å². The van der Waals surface area contributed by atoms with Crippen molar-refractivity contribution < 1.29 is 0 Å². The van der Waals surface area contributed by atoms with E-state index in [1.165, 1.54) is 11.1 Å². The smallest absolute Gasteiger partial charge is 0.0698 e. The van der Waals surface area contributed by atoms with Gasteiger partial charge in [0.15, 0.2) is 0 Å². The quantitative estimate of drug-likeness (QED) is 0.549. The summed E-state index contributed by atoms with van der Waals surface area (Å²) in [6, 6.07) is 0.407. The van der Waals surface area contributed by atoms with Gasteiger partial charge in [0, 0.05) is 0 Å². The first kappa shape index (κ1) is 6.47. The fraction of sp³-hybridized carbons (Fsp3) is 0.200. The molecule has 0 saturated heterocycles. The van der Waals surface area contributed by atoms with E-state index in [1.54, 1.807) is 0 Å². The molecular weight excluding hydrogens is 134 g/mol. The fourth-order valence-electron chi connectivity index (χ4n) is 1.37. The molecule has 11 heavy (non-hydrogen) atoms. The fourth-order valence-corrected chi connectivity index (χ4v) is 1.37. The Labute approximate surface area is 66.8 Å². The lowest BCUT2D eigenvalue weighted by molar-refractivity contribution is 0.789. The van der Waals surface area contributed by atoms with Gasteiger partial charge in [0.2, 0.25) is 0 Å². The van der Waals surface area contributed by atoms with Crippen molar-refractivity contribution in [2.45, 2.75) is 13.0 Å². The third-order valence-corrected chi connectivity index (χ3v) is 1.99. The average Bonchev–Trinajstić information content (AvgIpc) is 2.04. The van der Waals surface area contributed by atoms with E-state index in [0.29, 0.717) is 6.04 Å². The van der Waals surface area contributed by atoms with Crippen LogP contribution in [0.15, 0.2) is 47.7 Å². The molecule has 1 heterocycles. The zero-order chi connectivity index (χ0) is 7.68. The van der Waals surface area contributed by atoms with Crippen molar-refractivity contribution in [2.75, 3.05) is 0 Å². The van der Waals surface area contributed by atoms with Gasteiger partial charge in [-0.25, -0.2) is 0 Å². The molecule has 0 aromatic rings. The van der Waals surface area contributed by atoms with Gasteiger partial charge in [-0.2, -0.15) is 0 Å². The molecule has 1 aliphatic carbocycles. The SMILES string of the molecule is CC1=CC2NC=CC=C2C=C1. The summed E-state index contributed by atoms with van der Waals surface area (Å²) < 4.78 is 0. The average molecular weight is 145 g/mol. The molecule has 0 fully saturated rings. The molecule has 1 heteroatoms. The van der Waals surface area contributed by atoms with Gasteiger partial charge in [-0.3, -0.25) is 0 Å². The summed E-state index contributed by atoms with van der Waals surface area (Å²) in [6.07, 6.45) is 12.7. The van der Waals surface area contributed by atoms with Crippen LogP contribution >= 0.6 is 0 Å². The van der Waals surface area contributed by atoms with Crippen molar-refractivity contribution >= 4 is 0 Å². The number of rotatable bonds is 0. The first-order chi connectivity index (χ1) is 5.36. The van der Waals surface area contributed by atoms with Gasteiger partial charge in [0.05, 0.1) is 6.04 Å². The molecule has 1 N–H and O–H groups in total. The molecule has 0 aromatic heterocycles. The lowest BCUT2D eigenvalue weighted by Crippen LogP contribution is -2.27. The predicted molar refractivity (Wildman–Crippen MR) is 47.0 cm³/mol. The lowest BCUT2D eigenvalue weighted by atomic mass is 9.96. The topological polar surface area (TPSA) is 12.0 Å². The highest BCUT2D eigenvalue weighted by Gasteiger charge is 2.11. The standard InChI is InChI=1S/C10H11N/c1-8-4-5-9-3-2-6-11-10(9)7-8/h2-7,10-11H,1H3. The summed E-state index contributed by atoms with van der Waals surface area (Å²) in [5, 5.41) is 3.27. The molecule has 0 aromatic carbocycles. The van der Waals surface area contributed by atoms with Crippen molar-refractivity contribution in [3.63, 3.8) is 0 Å². The highest BCUT2D eigenvalue weighted by atomic mass is 14.9. The van der Waals surface area contributed by atoms with Crippen LogP contribution in [0.25, 0.3) is 0 Å². The number of fused-ring (bicyclic) bond motifs is 1. The summed E-state index contributed by atoms with van der Waals surface area (Å²) in [5.41, 5.74) is 2.67. The first-order valence-electron chi connectivity index (χ1n) is 3.85. The Hall–Kier alpha value is -1.24. The molecule has 0 bridgehead atoms. The Morgan fingerprint density at radius 2 is 2.27 bits per heavy atom. The zero-order valence-corrected chi connectivity index (χ0v) is 6.54. The molecule has 1 aliphatic heterocycles. The van der Waals surface area contributed by atoms with Crippen LogP contribution in [0.4, 0.5) is 0 Å².